The van der Waals surface area contributed by atoms with E-state index < -0.39 is 0 Å². The SMILES string of the molecule is Cc1cccc(C(=O)N2CC[C@@]3(CCn4c3nnc(-c3ccccc3)c4=O)C2)c1. The van der Waals surface area contributed by atoms with Crippen LogP contribution in [0.25, 0.3) is 11.3 Å². The van der Waals surface area contributed by atoms with Gasteiger partial charge in [0.1, 0.15) is 5.82 Å². The number of aryl methyl sites for hydroxylation is 1. The summed E-state index contributed by atoms with van der Waals surface area (Å²) >= 11 is 0. The third kappa shape index (κ3) is 2.87. The Kier molecular flexibility index (Phi) is 4.08. The molecule has 2 aliphatic heterocycles. The maximum atomic E-state index is 13.1. The highest BCUT2D eigenvalue weighted by atomic mass is 16.2. The zero-order chi connectivity index (χ0) is 20.0. The standard InChI is InChI=1S/C23H22N4O2/c1-16-6-5-9-18(14-16)20(28)26-12-10-23(15-26)11-13-27-21(29)19(24-25-22(23)27)17-7-3-2-4-8-17/h2-9,14H,10-13,15H2,1H3/t23-/m1/s1. The van der Waals surface area contributed by atoms with Gasteiger partial charge in [0.05, 0.1) is 5.41 Å². The van der Waals surface area contributed by atoms with Crippen LogP contribution in [0.3, 0.4) is 0 Å². The van der Waals surface area contributed by atoms with Crippen molar-refractivity contribution in [1.29, 1.82) is 0 Å². The Balaban J connectivity index is 1.46. The van der Waals surface area contributed by atoms with Crippen LogP contribution in [-0.4, -0.2) is 38.7 Å². The van der Waals surface area contributed by atoms with Crippen molar-refractivity contribution >= 4 is 5.91 Å². The van der Waals surface area contributed by atoms with E-state index in [0.717, 1.165) is 29.8 Å². The summed E-state index contributed by atoms with van der Waals surface area (Å²) in [5, 5.41) is 8.78. The van der Waals surface area contributed by atoms with Gasteiger partial charge in [0, 0.05) is 30.8 Å². The number of hydrogen-bond donors (Lipinski definition) is 0. The van der Waals surface area contributed by atoms with E-state index in [2.05, 4.69) is 10.2 Å². The number of carbonyl (C=O) groups excluding carboxylic acids is 1. The lowest BCUT2D eigenvalue weighted by atomic mass is 9.85. The van der Waals surface area contributed by atoms with Gasteiger partial charge in [0.2, 0.25) is 0 Å². The molecule has 146 valence electrons. The Hall–Kier alpha value is -3.28. The number of hydrogen-bond acceptors (Lipinski definition) is 4. The van der Waals surface area contributed by atoms with E-state index in [1.807, 2.05) is 66.4 Å². The quantitative estimate of drug-likeness (QED) is 0.679. The number of aromatic nitrogens is 3. The molecule has 0 aliphatic carbocycles. The van der Waals surface area contributed by atoms with Crippen LogP contribution in [-0.2, 0) is 12.0 Å². The summed E-state index contributed by atoms with van der Waals surface area (Å²) in [6.45, 7) is 3.86. The summed E-state index contributed by atoms with van der Waals surface area (Å²) < 4.78 is 1.76. The lowest BCUT2D eigenvalue weighted by molar-refractivity contribution is 0.0783. The Morgan fingerprint density at radius 2 is 1.79 bits per heavy atom. The third-order valence-corrected chi connectivity index (χ3v) is 6.19. The molecule has 1 fully saturated rings. The first-order chi connectivity index (χ1) is 14.1. The van der Waals surface area contributed by atoms with Gasteiger partial charge in [0.25, 0.3) is 11.5 Å². The van der Waals surface area contributed by atoms with Gasteiger partial charge in [-0.1, -0.05) is 48.0 Å². The van der Waals surface area contributed by atoms with Crippen LogP contribution >= 0.6 is 0 Å². The highest BCUT2D eigenvalue weighted by molar-refractivity contribution is 5.94. The van der Waals surface area contributed by atoms with Gasteiger partial charge in [-0.15, -0.1) is 10.2 Å². The average molecular weight is 386 g/mol. The zero-order valence-corrected chi connectivity index (χ0v) is 16.3. The summed E-state index contributed by atoms with van der Waals surface area (Å²) in [7, 11) is 0. The van der Waals surface area contributed by atoms with Gasteiger partial charge in [0.15, 0.2) is 5.69 Å². The topological polar surface area (TPSA) is 68.1 Å². The molecule has 0 saturated carbocycles. The maximum absolute atomic E-state index is 13.1. The molecule has 29 heavy (non-hydrogen) atoms. The summed E-state index contributed by atoms with van der Waals surface area (Å²) in [5.41, 5.74) is 2.58. The smallest absolute Gasteiger partial charge is 0.280 e. The van der Waals surface area contributed by atoms with Crippen molar-refractivity contribution in [1.82, 2.24) is 19.7 Å². The molecule has 1 amide bonds. The average Bonchev–Trinajstić information content (AvgIpc) is 3.34. The second-order valence-corrected chi connectivity index (χ2v) is 8.07. The van der Waals surface area contributed by atoms with E-state index in [4.69, 9.17) is 0 Å². The van der Waals surface area contributed by atoms with Gasteiger partial charge in [-0.25, -0.2) is 0 Å². The predicted molar refractivity (Wildman–Crippen MR) is 110 cm³/mol. The molecule has 1 spiro atoms. The van der Waals surface area contributed by atoms with Crippen LogP contribution in [0.5, 0.6) is 0 Å². The fourth-order valence-corrected chi connectivity index (χ4v) is 4.63. The molecule has 2 aliphatic rings. The Bertz CT molecular complexity index is 1160. The molecule has 2 aromatic carbocycles. The lowest BCUT2D eigenvalue weighted by Gasteiger charge is -2.23. The molecule has 0 unspecified atom stereocenters. The van der Waals surface area contributed by atoms with Crippen LogP contribution in [0.15, 0.2) is 59.4 Å². The van der Waals surface area contributed by atoms with Crippen molar-refractivity contribution < 1.29 is 4.79 Å². The third-order valence-electron chi connectivity index (χ3n) is 6.19. The van der Waals surface area contributed by atoms with Crippen molar-refractivity contribution in [2.24, 2.45) is 0 Å². The Morgan fingerprint density at radius 3 is 2.59 bits per heavy atom. The van der Waals surface area contributed by atoms with Crippen LogP contribution in [0.4, 0.5) is 0 Å². The van der Waals surface area contributed by atoms with E-state index in [9.17, 15) is 9.59 Å². The molecule has 0 N–H and O–H groups in total. The number of benzene rings is 2. The molecule has 1 aromatic heterocycles. The summed E-state index contributed by atoms with van der Waals surface area (Å²) in [6, 6.07) is 17.1. The molecule has 0 radical (unpaired) electrons. The highest BCUT2D eigenvalue weighted by Gasteiger charge is 2.48. The summed E-state index contributed by atoms with van der Waals surface area (Å²) in [5.74, 6) is 0.766. The summed E-state index contributed by atoms with van der Waals surface area (Å²) in [4.78, 5) is 27.9. The molecule has 6 nitrogen and oxygen atoms in total. The molecule has 3 heterocycles. The number of likely N-dealkylation sites (tertiary alicyclic amines) is 1. The largest absolute Gasteiger partial charge is 0.338 e. The van der Waals surface area contributed by atoms with Crippen molar-refractivity contribution in [2.45, 2.75) is 31.7 Å². The minimum atomic E-state index is -0.277. The Labute approximate surface area is 168 Å². The van der Waals surface area contributed by atoms with Crippen LogP contribution in [0, 0.1) is 6.92 Å². The van der Waals surface area contributed by atoms with Crippen LogP contribution in [0.2, 0.25) is 0 Å². The monoisotopic (exact) mass is 386 g/mol. The van der Waals surface area contributed by atoms with Gasteiger partial charge in [-0.05, 0) is 31.9 Å². The van der Waals surface area contributed by atoms with Crippen LogP contribution in [0.1, 0.15) is 34.6 Å². The number of amides is 1. The number of carbonyl (C=O) groups is 1. The lowest BCUT2D eigenvalue weighted by Crippen LogP contribution is -2.35. The number of rotatable bonds is 2. The fraction of sp³-hybridized carbons (Fsp3) is 0.304. The first-order valence-corrected chi connectivity index (χ1v) is 9.97. The van der Waals surface area contributed by atoms with Crippen molar-refractivity contribution in [3.05, 3.63) is 81.9 Å². The minimum Gasteiger partial charge on any atom is -0.338 e. The molecular formula is C23H22N4O2. The highest BCUT2D eigenvalue weighted by Crippen LogP contribution is 2.41. The maximum Gasteiger partial charge on any atom is 0.280 e. The number of fused-ring (bicyclic) bond motifs is 2. The fourth-order valence-electron chi connectivity index (χ4n) is 4.63. The first-order valence-electron chi connectivity index (χ1n) is 9.97. The van der Waals surface area contributed by atoms with Crippen molar-refractivity contribution in [2.75, 3.05) is 13.1 Å². The number of nitrogens with zero attached hydrogens (tertiary/aromatic N) is 4. The minimum absolute atomic E-state index is 0.0419. The van der Waals surface area contributed by atoms with E-state index in [1.165, 1.54) is 0 Å². The van der Waals surface area contributed by atoms with E-state index in [-0.39, 0.29) is 16.9 Å². The van der Waals surface area contributed by atoms with E-state index >= 15 is 0 Å². The molecular weight excluding hydrogens is 364 g/mol. The van der Waals surface area contributed by atoms with Gasteiger partial charge in [-0.3, -0.25) is 14.2 Å². The van der Waals surface area contributed by atoms with Gasteiger partial charge in [-0.2, -0.15) is 0 Å². The van der Waals surface area contributed by atoms with E-state index in [0.29, 0.717) is 30.9 Å². The van der Waals surface area contributed by atoms with Crippen LogP contribution < -0.4 is 5.56 Å². The molecule has 6 heteroatoms. The zero-order valence-electron chi connectivity index (χ0n) is 16.3. The van der Waals surface area contributed by atoms with Gasteiger partial charge >= 0.3 is 0 Å². The van der Waals surface area contributed by atoms with Gasteiger partial charge < -0.3 is 4.90 Å². The first kappa shape index (κ1) is 17.8. The van der Waals surface area contributed by atoms with Crippen molar-refractivity contribution in [3.63, 3.8) is 0 Å². The molecule has 1 saturated heterocycles. The molecule has 5 rings (SSSR count). The predicted octanol–water partition coefficient (Wildman–Crippen LogP) is 2.80. The normalized spacial score (nSPS) is 20.2. The Morgan fingerprint density at radius 1 is 1.00 bits per heavy atom. The summed E-state index contributed by atoms with van der Waals surface area (Å²) in [6.07, 6.45) is 1.62. The second-order valence-electron chi connectivity index (χ2n) is 8.07. The molecule has 1 atom stereocenters. The molecule has 0 bridgehead atoms. The van der Waals surface area contributed by atoms with Crippen molar-refractivity contribution in [3.8, 4) is 11.3 Å². The second kappa shape index (κ2) is 6.65. The molecule has 3 aromatic rings. The van der Waals surface area contributed by atoms with E-state index in [1.54, 1.807) is 4.57 Å².